The Labute approximate surface area is 126 Å². The SMILES string of the molecule is CNCc1cc2ccccc2n1Cc1cncc(Br)c1. The van der Waals surface area contributed by atoms with Crippen LogP contribution in [0.2, 0.25) is 0 Å². The third-order valence-corrected chi connectivity index (χ3v) is 3.79. The highest BCUT2D eigenvalue weighted by molar-refractivity contribution is 9.10. The Morgan fingerprint density at radius 1 is 1.20 bits per heavy atom. The number of fused-ring (bicyclic) bond motifs is 1. The summed E-state index contributed by atoms with van der Waals surface area (Å²) in [5.74, 6) is 0. The van der Waals surface area contributed by atoms with Gasteiger partial charge in [0.2, 0.25) is 0 Å². The fourth-order valence-electron chi connectivity index (χ4n) is 2.51. The Morgan fingerprint density at radius 2 is 2.05 bits per heavy atom. The van der Waals surface area contributed by atoms with E-state index in [1.54, 1.807) is 0 Å². The first kappa shape index (κ1) is 13.3. The number of hydrogen-bond donors (Lipinski definition) is 1. The van der Waals surface area contributed by atoms with Gasteiger partial charge in [0.05, 0.1) is 0 Å². The second-order valence-corrected chi connectivity index (χ2v) is 5.74. The summed E-state index contributed by atoms with van der Waals surface area (Å²) in [4.78, 5) is 4.24. The highest BCUT2D eigenvalue weighted by atomic mass is 79.9. The van der Waals surface area contributed by atoms with Crippen LogP contribution < -0.4 is 5.32 Å². The molecule has 102 valence electrons. The van der Waals surface area contributed by atoms with Crippen molar-refractivity contribution < 1.29 is 0 Å². The van der Waals surface area contributed by atoms with Gasteiger partial charge in [0.15, 0.2) is 0 Å². The Bertz CT molecular complexity index is 733. The van der Waals surface area contributed by atoms with Crippen LogP contribution in [0.1, 0.15) is 11.3 Å². The first-order valence-corrected chi connectivity index (χ1v) is 7.38. The molecule has 3 aromatic rings. The largest absolute Gasteiger partial charge is 0.339 e. The van der Waals surface area contributed by atoms with Gasteiger partial charge in [-0.25, -0.2) is 0 Å². The zero-order valence-electron chi connectivity index (χ0n) is 11.3. The van der Waals surface area contributed by atoms with Crippen molar-refractivity contribution in [3.63, 3.8) is 0 Å². The molecule has 0 fully saturated rings. The number of para-hydroxylation sites is 1. The lowest BCUT2D eigenvalue weighted by molar-refractivity contribution is 0.707. The molecule has 0 aliphatic rings. The number of nitrogens with one attached hydrogen (secondary N) is 1. The number of pyridine rings is 1. The van der Waals surface area contributed by atoms with Crippen LogP contribution in [0.3, 0.4) is 0 Å². The molecule has 0 atom stereocenters. The lowest BCUT2D eigenvalue weighted by Crippen LogP contribution is -2.12. The van der Waals surface area contributed by atoms with Crippen LogP contribution in [0, 0.1) is 0 Å². The van der Waals surface area contributed by atoms with E-state index in [1.165, 1.54) is 22.2 Å². The van der Waals surface area contributed by atoms with Gasteiger partial charge in [0.25, 0.3) is 0 Å². The number of halogens is 1. The molecule has 0 saturated heterocycles. The highest BCUT2D eigenvalue weighted by Gasteiger charge is 2.08. The normalized spacial score (nSPS) is 11.1. The average molecular weight is 330 g/mol. The molecule has 20 heavy (non-hydrogen) atoms. The van der Waals surface area contributed by atoms with Crippen molar-refractivity contribution in [1.29, 1.82) is 0 Å². The van der Waals surface area contributed by atoms with Gasteiger partial charge in [0, 0.05) is 41.2 Å². The summed E-state index contributed by atoms with van der Waals surface area (Å²) < 4.78 is 3.36. The van der Waals surface area contributed by atoms with E-state index in [2.05, 4.69) is 67.2 Å². The molecular weight excluding hydrogens is 314 g/mol. The topological polar surface area (TPSA) is 29.9 Å². The van der Waals surface area contributed by atoms with Crippen molar-refractivity contribution in [2.24, 2.45) is 0 Å². The number of nitrogens with zero attached hydrogens (tertiary/aromatic N) is 2. The maximum absolute atomic E-state index is 4.24. The molecule has 0 bridgehead atoms. The quantitative estimate of drug-likeness (QED) is 0.793. The Kier molecular flexibility index (Phi) is 3.85. The average Bonchev–Trinajstić information content (AvgIpc) is 2.78. The summed E-state index contributed by atoms with van der Waals surface area (Å²) in [7, 11) is 1.97. The van der Waals surface area contributed by atoms with Gasteiger partial charge in [-0.2, -0.15) is 0 Å². The summed E-state index contributed by atoms with van der Waals surface area (Å²) in [5.41, 5.74) is 3.74. The van der Waals surface area contributed by atoms with E-state index in [-0.39, 0.29) is 0 Å². The zero-order chi connectivity index (χ0) is 13.9. The molecular formula is C16H16BrN3. The van der Waals surface area contributed by atoms with Crippen molar-refractivity contribution in [3.05, 3.63) is 64.5 Å². The molecule has 0 unspecified atom stereocenters. The molecule has 0 radical (unpaired) electrons. The van der Waals surface area contributed by atoms with Gasteiger partial charge in [-0.05, 0) is 52.1 Å². The Balaban J connectivity index is 2.06. The van der Waals surface area contributed by atoms with Crippen LogP contribution in [-0.4, -0.2) is 16.6 Å². The lowest BCUT2D eigenvalue weighted by Gasteiger charge is -2.11. The maximum atomic E-state index is 4.24. The molecule has 0 aliphatic heterocycles. The van der Waals surface area contributed by atoms with Crippen molar-refractivity contribution in [2.75, 3.05) is 7.05 Å². The van der Waals surface area contributed by atoms with Crippen molar-refractivity contribution >= 4 is 26.8 Å². The summed E-state index contributed by atoms with van der Waals surface area (Å²) >= 11 is 3.48. The molecule has 4 heteroatoms. The summed E-state index contributed by atoms with van der Waals surface area (Å²) in [6.07, 6.45) is 3.73. The van der Waals surface area contributed by atoms with Crippen molar-refractivity contribution in [2.45, 2.75) is 13.1 Å². The lowest BCUT2D eigenvalue weighted by atomic mass is 10.2. The molecule has 0 saturated carbocycles. The van der Waals surface area contributed by atoms with E-state index in [4.69, 9.17) is 0 Å². The summed E-state index contributed by atoms with van der Waals surface area (Å²) in [6, 6.07) is 12.9. The van der Waals surface area contributed by atoms with Gasteiger partial charge >= 0.3 is 0 Å². The minimum absolute atomic E-state index is 0.830. The fraction of sp³-hybridized carbons (Fsp3) is 0.188. The van der Waals surface area contributed by atoms with E-state index < -0.39 is 0 Å². The van der Waals surface area contributed by atoms with E-state index >= 15 is 0 Å². The number of rotatable bonds is 4. The Hall–Kier alpha value is -1.65. The maximum Gasteiger partial charge on any atom is 0.0495 e. The monoisotopic (exact) mass is 329 g/mol. The minimum Gasteiger partial charge on any atom is -0.339 e. The van der Waals surface area contributed by atoms with Gasteiger partial charge in [0.1, 0.15) is 0 Å². The number of benzene rings is 1. The molecule has 0 spiro atoms. The minimum atomic E-state index is 0.830. The van der Waals surface area contributed by atoms with Gasteiger partial charge < -0.3 is 9.88 Å². The number of aromatic nitrogens is 2. The molecule has 2 heterocycles. The smallest absolute Gasteiger partial charge is 0.0495 e. The van der Waals surface area contributed by atoms with E-state index in [0.717, 1.165) is 17.6 Å². The van der Waals surface area contributed by atoms with Gasteiger partial charge in [-0.15, -0.1) is 0 Å². The van der Waals surface area contributed by atoms with E-state index in [0.29, 0.717) is 0 Å². The van der Waals surface area contributed by atoms with Gasteiger partial charge in [-0.1, -0.05) is 18.2 Å². The van der Waals surface area contributed by atoms with Crippen LogP contribution in [0.4, 0.5) is 0 Å². The van der Waals surface area contributed by atoms with Gasteiger partial charge in [-0.3, -0.25) is 4.98 Å². The predicted molar refractivity (Wildman–Crippen MR) is 85.7 cm³/mol. The van der Waals surface area contributed by atoms with E-state index in [1.807, 2.05) is 19.4 Å². The molecule has 0 amide bonds. The standard InChI is InChI=1S/C16H16BrN3/c1-18-10-15-7-13-4-2-3-5-16(13)20(15)11-12-6-14(17)9-19-8-12/h2-9,18H,10-11H2,1H3. The first-order valence-electron chi connectivity index (χ1n) is 6.59. The molecule has 2 aromatic heterocycles. The van der Waals surface area contributed by atoms with Crippen LogP contribution in [0.15, 0.2) is 53.3 Å². The van der Waals surface area contributed by atoms with Crippen LogP contribution in [0.5, 0.6) is 0 Å². The molecule has 3 nitrogen and oxygen atoms in total. The van der Waals surface area contributed by atoms with Crippen molar-refractivity contribution in [1.82, 2.24) is 14.9 Å². The van der Waals surface area contributed by atoms with Crippen LogP contribution >= 0.6 is 15.9 Å². The predicted octanol–water partition coefficient (Wildman–Crippen LogP) is 3.57. The second-order valence-electron chi connectivity index (χ2n) is 4.82. The molecule has 3 rings (SSSR count). The molecule has 1 N–H and O–H groups in total. The van der Waals surface area contributed by atoms with Crippen molar-refractivity contribution in [3.8, 4) is 0 Å². The molecule has 0 aliphatic carbocycles. The first-order chi connectivity index (χ1) is 9.78. The summed E-state index contributed by atoms with van der Waals surface area (Å²) in [5, 5.41) is 4.52. The summed E-state index contributed by atoms with van der Waals surface area (Å²) in [6.45, 7) is 1.69. The van der Waals surface area contributed by atoms with E-state index in [9.17, 15) is 0 Å². The van der Waals surface area contributed by atoms with Crippen LogP contribution in [0.25, 0.3) is 10.9 Å². The zero-order valence-corrected chi connectivity index (χ0v) is 12.9. The molecule has 1 aromatic carbocycles. The fourth-order valence-corrected chi connectivity index (χ4v) is 2.92. The Morgan fingerprint density at radius 3 is 2.85 bits per heavy atom. The third-order valence-electron chi connectivity index (χ3n) is 3.36. The number of hydrogen-bond acceptors (Lipinski definition) is 2. The highest BCUT2D eigenvalue weighted by Crippen LogP contribution is 2.22. The van der Waals surface area contributed by atoms with Crippen LogP contribution in [-0.2, 0) is 13.1 Å². The third kappa shape index (κ3) is 2.62. The second kappa shape index (κ2) is 5.77.